The summed E-state index contributed by atoms with van der Waals surface area (Å²) < 4.78 is 37.8. The lowest BCUT2D eigenvalue weighted by atomic mass is 9.85. The van der Waals surface area contributed by atoms with Crippen molar-refractivity contribution >= 4 is 12.0 Å². The molecule has 0 bridgehead atoms. The van der Waals surface area contributed by atoms with Crippen LogP contribution in [0, 0.1) is 11.3 Å². The highest BCUT2D eigenvalue weighted by atomic mass is 19.4. The van der Waals surface area contributed by atoms with Crippen molar-refractivity contribution in [3.8, 4) is 0 Å². The standard InChI is InChI=1S/C14H21F3N2O3/c1-13(11(20)21)6-7-19(8-13)12(22)18-10-4-2-9(3-5-10)14(15,16)17/h9-10H,2-8H2,1H3,(H,18,22)(H,20,21). The third kappa shape index (κ3) is 3.64. The van der Waals surface area contributed by atoms with Crippen LogP contribution in [0.5, 0.6) is 0 Å². The maximum Gasteiger partial charge on any atom is 0.391 e. The number of carbonyl (C=O) groups is 2. The van der Waals surface area contributed by atoms with Gasteiger partial charge in [0, 0.05) is 19.1 Å². The van der Waals surface area contributed by atoms with Gasteiger partial charge in [0.05, 0.1) is 11.3 Å². The molecular weight excluding hydrogens is 301 g/mol. The minimum absolute atomic E-state index is 0.0291. The molecule has 0 aromatic heterocycles. The third-order valence-electron chi connectivity index (χ3n) is 4.79. The van der Waals surface area contributed by atoms with Gasteiger partial charge < -0.3 is 15.3 Å². The first-order valence-corrected chi connectivity index (χ1v) is 7.47. The number of carboxylic acids is 1. The zero-order valence-corrected chi connectivity index (χ0v) is 12.4. The zero-order chi connectivity index (χ0) is 16.5. The molecule has 0 spiro atoms. The van der Waals surface area contributed by atoms with E-state index >= 15 is 0 Å². The number of nitrogens with one attached hydrogen (secondary N) is 1. The van der Waals surface area contributed by atoms with E-state index in [9.17, 15) is 22.8 Å². The number of carboxylic acid groups (broad SMARTS) is 1. The summed E-state index contributed by atoms with van der Waals surface area (Å²) in [4.78, 5) is 24.7. The molecule has 5 nitrogen and oxygen atoms in total. The molecule has 0 aromatic carbocycles. The van der Waals surface area contributed by atoms with Crippen molar-refractivity contribution < 1.29 is 27.9 Å². The van der Waals surface area contributed by atoms with Crippen LogP contribution in [0.25, 0.3) is 0 Å². The second-order valence-electron chi connectivity index (χ2n) is 6.58. The highest BCUT2D eigenvalue weighted by Crippen LogP contribution is 2.37. The van der Waals surface area contributed by atoms with Crippen LogP contribution in [0.4, 0.5) is 18.0 Å². The molecule has 2 amide bonds. The average Bonchev–Trinajstić information content (AvgIpc) is 2.82. The molecule has 1 unspecified atom stereocenters. The normalized spacial score (nSPS) is 32.8. The van der Waals surface area contributed by atoms with Crippen LogP contribution in [0.3, 0.4) is 0 Å². The number of rotatable bonds is 2. The van der Waals surface area contributed by atoms with Gasteiger partial charge in [0.25, 0.3) is 0 Å². The molecule has 0 aromatic rings. The molecule has 2 fully saturated rings. The van der Waals surface area contributed by atoms with Crippen molar-refractivity contribution in [3.05, 3.63) is 0 Å². The van der Waals surface area contributed by atoms with Crippen LogP contribution in [0.2, 0.25) is 0 Å². The van der Waals surface area contributed by atoms with E-state index in [4.69, 9.17) is 5.11 Å². The van der Waals surface area contributed by atoms with Crippen molar-refractivity contribution in [2.45, 2.75) is 51.2 Å². The average molecular weight is 322 g/mol. The Kier molecular flexibility index (Phi) is 4.58. The number of likely N-dealkylation sites (tertiary alicyclic amines) is 1. The van der Waals surface area contributed by atoms with Crippen molar-refractivity contribution in [1.29, 1.82) is 0 Å². The van der Waals surface area contributed by atoms with E-state index < -0.39 is 23.5 Å². The first-order chi connectivity index (χ1) is 10.1. The van der Waals surface area contributed by atoms with Gasteiger partial charge in [-0.1, -0.05) is 0 Å². The van der Waals surface area contributed by atoms with Gasteiger partial charge in [0.1, 0.15) is 0 Å². The second kappa shape index (κ2) is 5.96. The summed E-state index contributed by atoms with van der Waals surface area (Å²) in [6, 6.07) is -0.636. The molecule has 1 saturated heterocycles. The van der Waals surface area contributed by atoms with E-state index in [1.807, 2.05) is 0 Å². The van der Waals surface area contributed by atoms with Gasteiger partial charge in [0.2, 0.25) is 0 Å². The van der Waals surface area contributed by atoms with Crippen LogP contribution in [-0.4, -0.2) is 47.3 Å². The number of aliphatic carboxylic acids is 1. The largest absolute Gasteiger partial charge is 0.481 e. The van der Waals surface area contributed by atoms with Crippen LogP contribution in [0.1, 0.15) is 39.0 Å². The minimum Gasteiger partial charge on any atom is -0.481 e. The van der Waals surface area contributed by atoms with E-state index in [0.29, 0.717) is 25.8 Å². The lowest BCUT2D eigenvalue weighted by Crippen LogP contribution is -2.46. The summed E-state index contributed by atoms with van der Waals surface area (Å²) >= 11 is 0. The van der Waals surface area contributed by atoms with Crippen LogP contribution in [-0.2, 0) is 4.79 Å². The molecule has 2 aliphatic rings. The lowest BCUT2D eigenvalue weighted by Gasteiger charge is -2.31. The molecule has 1 saturated carbocycles. The fourth-order valence-electron chi connectivity index (χ4n) is 3.14. The molecule has 1 aliphatic carbocycles. The molecule has 2 rings (SSSR count). The molecule has 2 N–H and O–H groups in total. The zero-order valence-electron chi connectivity index (χ0n) is 12.4. The first kappa shape index (κ1) is 16.9. The topological polar surface area (TPSA) is 69.6 Å². The maximum atomic E-state index is 12.6. The molecular formula is C14H21F3N2O3. The Morgan fingerprint density at radius 3 is 2.27 bits per heavy atom. The number of urea groups is 1. The van der Waals surface area contributed by atoms with E-state index in [0.717, 1.165) is 0 Å². The molecule has 1 heterocycles. The summed E-state index contributed by atoms with van der Waals surface area (Å²) in [7, 11) is 0. The van der Waals surface area contributed by atoms with Crippen LogP contribution in [0.15, 0.2) is 0 Å². The highest BCUT2D eigenvalue weighted by Gasteiger charge is 2.44. The monoisotopic (exact) mass is 322 g/mol. The van der Waals surface area contributed by atoms with Gasteiger partial charge in [-0.2, -0.15) is 13.2 Å². The minimum atomic E-state index is -4.16. The van der Waals surface area contributed by atoms with Gasteiger partial charge in [-0.25, -0.2) is 4.79 Å². The molecule has 1 aliphatic heterocycles. The van der Waals surface area contributed by atoms with Gasteiger partial charge in [0.15, 0.2) is 0 Å². The predicted octanol–water partition coefficient (Wildman–Crippen LogP) is 2.61. The van der Waals surface area contributed by atoms with Crippen molar-refractivity contribution in [3.63, 3.8) is 0 Å². The smallest absolute Gasteiger partial charge is 0.391 e. The van der Waals surface area contributed by atoms with E-state index in [1.165, 1.54) is 4.90 Å². The molecule has 22 heavy (non-hydrogen) atoms. The van der Waals surface area contributed by atoms with Gasteiger partial charge in [-0.3, -0.25) is 4.79 Å². The van der Waals surface area contributed by atoms with Crippen molar-refractivity contribution in [2.75, 3.05) is 13.1 Å². The molecule has 0 radical (unpaired) electrons. The van der Waals surface area contributed by atoms with E-state index in [-0.39, 0.29) is 31.5 Å². The number of carbonyl (C=O) groups excluding carboxylic acids is 1. The SMILES string of the molecule is CC1(C(=O)O)CCN(C(=O)NC2CCC(C(F)(F)F)CC2)C1. The summed E-state index contributed by atoms with van der Waals surface area (Å²) in [6.45, 7) is 2.08. The fraction of sp³-hybridized carbons (Fsp3) is 0.857. The Balaban J connectivity index is 1.81. The highest BCUT2D eigenvalue weighted by molar-refractivity contribution is 5.79. The fourth-order valence-corrected chi connectivity index (χ4v) is 3.14. The number of hydrogen-bond acceptors (Lipinski definition) is 2. The number of halogens is 3. The maximum absolute atomic E-state index is 12.6. The molecule has 1 atom stereocenters. The number of alkyl halides is 3. The van der Waals surface area contributed by atoms with Crippen LogP contribution >= 0.6 is 0 Å². The Bertz CT molecular complexity index is 447. The third-order valence-corrected chi connectivity index (χ3v) is 4.79. The summed E-state index contributed by atoms with van der Waals surface area (Å²) in [5.41, 5.74) is -0.939. The first-order valence-electron chi connectivity index (χ1n) is 7.47. The Hall–Kier alpha value is -1.47. The van der Waals surface area contributed by atoms with Gasteiger partial charge in [-0.15, -0.1) is 0 Å². The number of amides is 2. The molecule has 8 heteroatoms. The Labute approximate surface area is 126 Å². The summed E-state index contributed by atoms with van der Waals surface area (Å²) in [5, 5.41) is 11.9. The lowest BCUT2D eigenvalue weighted by molar-refractivity contribution is -0.182. The Morgan fingerprint density at radius 1 is 1.23 bits per heavy atom. The number of hydrogen-bond donors (Lipinski definition) is 2. The summed E-state index contributed by atoms with van der Waals surface area (Å²) in [6.07, 6.45) is -3.10. The Morgan fingerprint density at radius 2 is 1.82 bits per heavy atom. The van der Waals surface area contributed by atoms with Crippen molar-refractivity contribution in [1.82, 2.24) is 10.2 Å². The number of nitrogens with zero attached hydrogens (tertiary/aromatic N) is 1. The van der Waals surface area contributed by atoms with Gasteiger partial charge in [-0.05, 0) is 39.0 Å². The van der Waals surface area contributed by atoms with Crippen molar-refractivity contribution in [2.24, 2.45) is 11.3 Å². The van der Waals surface area contributed by atoms with E-state index in [2.05, 4.69) is 5.32 Å². The quantitative estimate of drug-likeness (QED) is 0.821. The van der Waals surface area contributed by atoms with E-state index in [1.54, 1.807) is 6.92 Å². The molecule has 126 valence electrons. The van der Waals surface area contributed by atoms with Crippen LogP contribution < -0.4 is 5.32 Å². The summed E-state index contributed by atoms with van der Waals surface area (Å²) in [5.74, 6) is -2.21. The predicted molar refractivity (Wildman–Crippen MR) is 72.3 cm³/mol. The second-order valence-corrected chi connectivity index (χ2v) is 6.58. The van der Waals surface area contributed by atoms with Gasteiger partial charge >= 0.3 is 18.2 Å².